The number of anilines is 2. The molecule has 120 valence electrons. The number of amides is 2. The molecule has 2 amide bonds. The number of hydrogen-bond acceptors (Lipinski definition) is 6. The molecule has 2 aromatic heterocycles. The Labute approximate surface area is 129 Å². The minimum Gasteiger partial charge on any atom is -0.395 e. The Morgan fingerprint density at radius 3 is 2.96 bits per heavy atom. The molecule has 0 fully saturated rings. The first kappa shape index (κ1) is 14.8. The monoisotopic (exact) mass is 319 g/mol. The summed E-state index contributed by atoms with van der Waals surface area (Å²) in [7, 11) is 1.64. The number of furan rings is 1. The predicted molar refractivity (Wildman–Crippen MR) is 78.0 cm³/mol. The summed E-state index contributed by atoms with van der Waals surface area (Å²) in [5.74, 6) is -0.897. The van der Waals surface area contributed by atoms with Gasteiger partial charge in [-0.1, -0.05) is 6.92 Å². The average Bonchev–Trinajstić information content (AvgIpc) is 3.07. The van der Waals surface area contributed by atoms with Crippen LogP contribution in [0.15, 0.2) is 16.5 Å². The number of nitrogens with zero attached hydrogens (tertiary/aromatic N) is 3. The van der Waals surface area contributed by atoms with Crippen molar-refractivity contribution in [2.45, 2.75) is 13.3 Å². The lowest BCUT2D eigenvalue weighted by Crippen LogP contribution is -2.28. The maximum Gasteiger partial charge on any atom is 0.433 e. The number of aryl methyl sites for hydroxylation is 1. The van der Waals surface area contributed by atoms with Gasteiger partial charge in [0.05, 0.1) is 6.07 Å². The van der Waals surface area contributed by atoms with Crippen molar-refractivity contribution in [1.29, 1.82) is 0 Å². The van der Waals surface area contributed by atoms with Gasteiger partial charge in [-0.25, -0.2) is 0 Å². The van der Waals surface area contributed by atoms with Gasteiger partial charge in [0.1, 0.15) is 10.7 Å². The van der Waals surface area contributed by atoms with Crippen LogP contribution in [-0.4, -0.2) is 26.5 Å². The molecule has 10 heteroatoms. The number of nitro groups is 1. The van der Waals surface area contributed by atoms with E-state index in [0.717, 1.165) is 6.07 Å². The third kappa shape index (κ3) is 2.54. The lowest BCUT2D eigenvalue weighted by molar-refractivity contribution is -0.402. The number of aromatic nitrogens is 2. The summed E-state index contributed by atoms with van der Waals surface area (Å²) >= 11 is 0. The summed E-state index contributed by atoms with van der Waals surface area (Å²) in [6.45, 7) is 1.77. The molecule has 0 aromatic carbocycles. The first-order valence-corrected chi connectivity index (χ1v) is 6.79. The van der Waals surface area contributed by atoms with Gasteiger partial charge in [0, 0.05) is 18.5 Å². The van der Waals surface area contributed by atoms with Crippen molar-refractivity contribution in [3.63, 3.8) is 0 Å². The van der Waals surface area contributed by atoms with E-state index in [4.69, 9.17) is 4.42 Å². The Morgan fingerprint density at radius 1 is 1.57 bits per heavy atom. The van der Waals surface area contributed by atoms with Gasteiger partial charge < -0.3 is 15.1 Å². The van der Waals surface area contributed by atoms with Crippen molar-refractivity contribution >= 4 is 29.3 Å². The van der Waals surface area contributed by atoms with Crippen LogP contribution < -0.4 is 10.6 Å². The van der Waals surface area contributed by atoms with Crippen molar-refractivity contribution < 1.29 is 18.9 Å². The second-order valence-electron chi connectivity index (χ2n) is 5.24. The van der Waals surface area contributed by atoms with Crippen molar-refractivity contribution in [3.8, 4) is 0 Å². The molecule has 3 rings (SSSR count). The molecule has 10 nitrogen and oxygen atoms in total. The summed E-state index contributed by atoms with van der Waals surface area (Å²) in [6.07, 6.45) is 0.433. The minimum absolute atomic E-state index is 0.111. The molecule has 0 bridgehead atoms. The van der Waals surface area contributed by atoms with Gasteiger partial charge in [0.15, 0.2) is 11.6 Å². The molecule has 0 saturated heterocycles. The van der Waals surface area contributed by atoms with Crippen molar-refractivity contribution in [2.24, 2.45) is 13.0 Å². The second-order valence-corrected chi connectivity index (χ2v) is 5.24. The molecule has 2 aromatic rings. The summed E-state index contributed by atoms with van der Waals surface area (Å²) < 4.78 is 6.31. The average molecular weight is 319 g/mol. The quantitative estimate of drug-likeness (QED) is 0.647. The summed E-state index contributed by atoms with van der Waals surface area (Å²) in [4.78, 5) is 33.7. The third-order valence-electron chi connectivity index (χ3n) is 3.57. The predicted octanol–water partition coefficient (Wildman–Crippen LogP) is 1.30. The Morgan fingerprint density at radius 2 is 2.30 bits per heavy atom. The van der Waals surface area contributed by atoms with Gasteiger partial charge in [-0.2, -0.15) is 5.10 Å². The standard InChI is InChI=1S/C13H13N5O5/c1-6-5-7-10(16-17(2)11(7)15-12(6)19)14-13(20)8-3-4-9(23-8)18(21)22/h3-4,6H,5H2,1-2H3,(H,15,19)(H,14,16,20)/t6-/m0/s1. The Kier molecular flexibility index (Phi) is 3.36. The number of carbonyl (C=O) groups excluding carboxylic acids is 2. The SMILES string of the molecule is C[C@H]1Cc2c(NC(=O)c3ccc([N+](=O)[O-])o3)nn(C)c2NC1=O. The smallest absolute Gasteiger partial charge is 0.395 e. The lowest BCUT2D eigenvalue weighted by atomic mass is 9.98. The van der Waals surface area contributed by atoms with E-state index < -0.39 is 16.7 Å². The van der Waals surface area contributed by atoms with Crippen LogP contribution in [0.5, 0.6) is 0 Å². The fourth-order valence-electron chi connectivity index (χ4n) is 2.37. The van der Waals surface area contributed by atoms with Crippen LogP contribution in [0.25, 0.3) is 0 Å². The van der Waals surface area contributed by atoms with Crippen LogP contribution in [0.2, 0.25) is 0 Å². The molecule has 1 aliphatic heterocycles. The molecule has 23 heavy (non-hydrogen) atoms. The molecule has 1 aliphatic rings. The number of fused-ring (bicyclic) bond motifs is 1. The highest BCUT2D eigenvalue weighted by Crippen LogP contribution is 2.31. The van der Waals surface area contributed by atoms with Crippen LogP contribution in [0.1, 0.15) is 23.0 Å². The molecular weight excluding hydrogens is 306 g/mol. The van der Waals surface area contributed by atoms with E-state index in [0.29, 0.717) is 23.6 Å². The first-order chi connectivity index (χ1) is 10.9. The normalized spacial score (nSPS) is 16.6. The van der Waals surface area contributed by atoms with E-state index in [1.165, 1.54) is 10.7 Å². The first-order valence-electron chi connectivity index (χ1n) is 6.79. The molecule has 3 heterocycles. The van der Waals surface area contributed by atoms with Gasteiger partial charge >= 0.3 is 5.88 Å². The minimum atomic E-state index is -0.726. The lowest BCUT2D eigenvalue weighted by Gasteiger charge is -2.19. The van der Waals surface area contributed by atoms with Gasteiger partial charge in [-0.3, -0.25) is 24.4 Å². The number of hydrogen-bond donors (Lipinski definition) is 2. The second kappa shape index (κ2) is 5.23. The van der Waals surface area contributed by atoms with Crippen LogP contribution in [0.4, 0.5) is 17.5 Å². The zero-order valence-electron chi connectivity index (χ0n) is 12.3. The Balaban J connectivity index is 1.86. The molecular formula is C13H13N5O5. The molecule has 0 radical (unpaired) electrons. The van der Waals surface area contributed by atoms with Gasteiger partial charge in [-0.15, -0.1) is 0 Å². The van der Waals surface area contributed by atoms with Gasteiger partial charge in [0.2, 0.25) is 5.91 Å². The highest BCUT2D eigenvalue weighted by atomic mass is 16.6. The van der Waals surface area contributed by atoms with Gasteiger partial charge in [0.25, 0.3) is 5.91 Å². The zero-order chi connectivity index (χ0) is 16.7. The van der Waals surface area contributed by atoms with E-state index in [9.17, 15) is 19.7 Å². The fourth-order valence-corrected chi connectivity index (χ4v) is 2.37. The molecule has 0 saturated carbocycles. The van der Waals surface area contributed by atoms with Crippen LogP contribution in [-0.2, 0) is 18.3 Å². The maximum absolute atomic E-state index is 12.1. The molecule has 0 unspecified atom stereocenters. The summed E-state index contributed by atoms with van der Waals surface area (Å²) in [5, 5.41) is 20.0. The van der Waals surface area contributed by atoms with E-state index in [1.54, 1.807) is 14.0 Å². The van der Waals surface area contributed by atoms with Gasteiger partial charge in [-0.05, 0) is 12.5 Å². The van der Waals surface area contributed by atoms with E-state index in [2.05, 4.69) is 15.7 Å². The summed E-state index contributed by atoms with van der Waals surface area (Å²) in [5.41, 5.74) is 0.703. The molecule has 0 spiro atoms. The zero-order valence-corrected chi connectivity index (χ0v) is 12.3. The van der Waals surface area contributed by atoms with Crippen molar-refractivity contribution in [2.75, 3.05) is 10.6 Å². The van der Waals surface area contributed by atoms with Crippen molar-refractivity contribution in [3.05, 3.63) is 33.6 Å². The Hall–Kier alpha value is -3.17. The van der Waals surface area contributed by atoms with Crippen LogP contribution in [0.3, 0.4) is 0 Å². The third-order valence-corrected chi connectivity index (χ3v) is 3.57. The Bertz CT molecular complexity index is 821. The largest absolute Gasteiger partial charge is 0.433 e. The topological polar surface area (TPSA) is 132 Å². The highest BCUT2D eigenvalue weighted by Gasteiger charge is 2.29. The van der Waals surface area contributed by atoms with Crippen LogP contribution in [0, 0.1) is 16.0 Å². The van der Waals surface area contributed by atoms with E-state index in [1.807, 2.05) is 0 Å². The number of nitrogens with one attached hydrogen (secondary N) is 2. The summed E-state index contributed by atoms with van der Waals surface area (Å²) in [6, 6.07) is 2.32. The van der Waals surface area contributed by atoms with E-state index in [-0.39, 0.29) is 17.6 Å². The fraction of sp³-hybridized carbons (Fsp3) is 0.308. The molecule has 0 aliphatic carbocycles. The molecule has 2 N–H and O–H groups in total. The maximum atomic E-state index is 12.1. The van der Waals surface area contributed by atoms with Crippen molar-refractivity contribution in [1.82, 2.24) is 9.78 Å². The van der Waals surface area contributed by atoms with Crippen LogP contribution >= 0.6 is 0 Å². The highest BCUT2D eigenvalue weighted by molar-refractivity contribution is 6.03. The molecule has 1 atom stereocenters. The van der Waals surface area contributed by atoms with E-state index >= 15 is 0 Å². The number of rotatable bonds is 3. The number of carbonyl (C=O) groups is 2.